The number of amides is 1. The number of likely N-dealkylation sites (N-methyl/N-ethyl adjacent to an activating group) is 1. The van der Waals surface area contributed by atoms with Crippen molar-refractivity contribution < 1.29 is 19.8 Å². The normalized spacial score (nSPS) is 11.3. The van der Waals surface area contributed by atoms with E-state index < -0.39 is 0 Å². The molecule has 0 bridgehead atoms. The first-order valence-corrected chi connectivity index (χ1v) is 9.20. The predicted octanol–water partition coefficient (Wildman–Crippen LogP) is 2.75. The lowest BCUT2D eigenvalue weighted by molar-refractivity contribution is -0.138. The molecule has 1 heterocycles. The second-order valence-corrected chi connectivity index (χ2v) is 6.32. The maximum Gasteiger partial charge on any atom is 0.290 e. The van der Waals surface area contributed by atoms with Crippen LogP contribution in [0.5, 0.6) is 5.75 Å². The summed E-state index contributed by atoms with van der Waals surface area (Å²) in [6.07, 6.45) is 4.29. The van der Waals surface area contributed by atoms with Crippen LogP contribution in [0.3, 0.4) is 0 Å². The second kappa shape index (κ2) is 12.5. The Bertz CT molecular complexity index is 707. The molecule has 0 radical (unpaired) electrons. The number of carbonyl (C=O) groups is 2. The number of carbonyl (C=O) groups excluding carboxylic acids is 1. The van der Waals surface area contributed by atoms with Crippen molar-refractivity contribution in [3.05, 3.63) is 59.9 Å². The summed E-state index contributed by atoms with van der Waals surface area (Å²) in [5.41, 5.74) is 1.99. The number of phenolic OH excluding ortho intramolecular Hbond substituents is 1. The fraction of sp³-hybridized carbons (Fsp3) is 0.381. The summed E-state index contributed by atoms with van der Waals surface area (Å²) in [7, 11) is 1.98. The van der Waals surface area contributed by atoms with Gasteiger partial charge in [-0.3, -0.25) is 19.5 Å². The van der Waals surface area contributed by atoms with Crippen LogP contribution in [0, 0.1) is 0 Å². The van der Waals surface area contributed by atoms with E-state index in [1.54, 1.807) is 24.5 Å². The molecule has 2 rings (SSSR count). The maximum absolute atomic E-state index is 13.2. The average molecular weight is 387 g/mol. The van der Waals surface area contributed by atoms with Crippen LogP contribution in [0.15, 0.2) is 48.8 Å². The molecule has 0 aliphatic rings. The van der Waals surface area contributed by atoms with Crippen LogP contribution >= 0.6 is 0 Å². The van der Waals surface area contributed by atoms with E-state index in [0.717, 1.165) is 24.1 Å². The number of aromatic hydroxyl groups is 1. The van der Waals surface area contributed by atoms with Gasteiger partial charge < -0.3 is 15.1 Å². The maximum atomic E-state index is 13.2. The Hall–Kier alpha value is -2.93. The van der Waals surface area contributed by atoms with Gasteiger partial charge in [0.1, 0.15) is 5.75 Å². The standard InChI is InChI=1S/C20H27N3O2.CH2O2/c1-4-19(22(3)5-2)20(25)23(15-17-7-6-12-21-13-17)14-16-8-10-18(24)11-9-16;2-1-3/h6-13,19,24H,4-5,14-15H2,1-3H3;1H,(H,2,3). The highest BCUT2D eigenvalue weighted by molar-refractivity contribution is 5.81. The van der Waals surface area contributed by atoms with E-state index in [4.69, 9.17) is 9.90 Å². The average Bonchev–Trinajstić information content (AvgIpc) is 2.70. The first kappa shape index (κ1) is 23.1. The monoisotopic (exact) mass is 387 g/mol. The second-order valence-electron chi connectivity index (χ2n) is 6.32. The van der Waals surface area contributed by atoms with Gasteiger partial charge in [-0.05, 0) is 49.3 Å². The smallest absolute Gasteiger partial charge is 0.290 e. The zero-order valence-electron chi connectivity index (χ0n) is 16.7. The van der Waals surface area contributed by atoms with E-state index in [1.807, 2.05) is 43.1 Å². The number of carboxylic acid groups (broad SMARTS) is 1. The highest BCUT2D eigenvalue weighted by atomic mass is 16.3. The van der Waals surface area contributed by atoms with E-state index in [0.29, 0.717) is 13.1 Å². The number of benzene rings is 1. The van der Waals surface area contributed by atoms with Gasteiger partial charge in [-0.15, -0.1) is 0 Å². The van der Waals surface area contributed by atoms with Crippen molar-refractivity contribution in [3.8, 4) is 5.75 Å². The zero-order chi connectivity index (χ0) is 20.9. The molecule has 1 aromatic carbocycles. The summed E-state index contributed by atoms with van der Waals surface area (Å²) in [4.78, 5) is 29.6. The van der Waals surface area contributed by atoms with Crippen molar-refractivity contribution in [2.24, 2.45) is 0 Å². The Labute approximate surface area is 166 Å². The first-order valence-electron chi connectivity index (χ1n) is 9.20. The summed E-state index contributed by atoms with van der Waals surface area (Å²) < 4.78 is 0. The van der Waals surface area contributed by atoms with Crippen LogP contribution in [0.25, 0.3) is 0 Å². The van der Waals surface area contributed by atoms with E-state index in [-0.39, 0.29) is 24.2 Å². The van der Waals surface area contributed by atoms with Crippen LogP contribution in [-0.4, -0.2) is 57.0 Å². The van der Waals surface area contributed by atoms with Gasteiger partial charge in [0.2, 0.25) is 5.91 Å². The molecular weight excluding hydrogens is 358 g/mol. The molecule has 1 unspecified atom stereocenters. The largest absolute Gasteiger partial charge is 0.508 e. The highest BCUT2D eigenvalue weighted by Crippen LogP contribution is 2.16. The molecule has 0 aliphatic heterocycles. The molecule has 0 aliphatic carbocycles. The molecule has 0 saturated heterocycles. The summed E-state index contributed by atoms with van der Waals surface area (Å²) in [6.45, 7) is 5.69. The van der Waals surface area contributed by atoms with Crippen molar-refractivity contribution in [2.75, 3.05) is 13.6 Å². The Kier molecular flexibility index (Phi) is 10.3. The van der Waals surface area contributed by atoms with Gasteiger partial charge in [-0.2, -0.15) is 0 Å². The van der Waals surface area contributed by atoms with E-state index in [2.05, 4.69) is 16.8 Å². The quantitative estimate of drug-likeness (QED) is 0.677. The van der Waals surface area contributed by atoms with Gasteiger partial charge in [0.05, 0.1) is 6.04 Å². The molecule has 1 atom stereocenters. The molecule has 1 aromatic heterocycles. The fourth-order valence-corrected chi connectivity index (χ4v) is 2.85. The van der Waals surface area contributed by atoms with Gasteiger partial charge in [0, 0.05) is 25.5 Å². The lowest BCUT2D eigenvalue weighted by Gasteiger charge is -2.31. The number of rotatable bonds is 8. The molecule has 0 fully saturated rings. The van der Waals surface area contributed by atoms with Gasteiger partial charge in [-0.25, -0.2) is 0 Å². The van der Waals surface area contributed by atoms with Crippen LogP contribution in [-0.2, 0) is 22.7 Å². The summed E-state index contributed by atoms with van der Waals surface area (Å²) in [5, 5.41) is 16.4. The van der Waals surface area contributed by atoms with E-state index in [1.165, 1.54) is 0 Å². The summed E-state index contributed by atoms with van der Waals surface area (Å²) in [5.74, 6) is 0.342. The molecule has 1 amide bonds. The van der Waals surface area contributed by atoms with Crippen molar-refractivity contribution in [1.82, 2.24) is 14.8 Å². The molecule has 7 heteroatoms. The van der Waals surface area contributed by atoms with Crippen LogP contribution in [0.2, 0.25) is 0 Å². The third-order valence-electron chi connectivity index (χ3n) is 4.42. The molecule has 7 nitrogen and oxygen atoms in total. The van der Waals surface area contributed by atoms with Crippen molar-refractivity contribution >= 4 is 12.4 Å². The fourth-order valence-electron chi connectivity index (χ4n) is 2.85. The number of pyridine rings is 1. The molecule has 0 saturated carbocycles. The topological polar surface area (TPSA) is 94.0 Å². The Balaban J connectivity index is 0.00000122. The van der Waals surface area contributed by atoms with Crippen molar-refractivity contribution in [1.29, 1.82) is 0 Å². The lowest BCUT2D eigenvalue weighted by Crippen LogP contribution is -2.46. The van der Waals surface area contributed by atoms with Gasteiger partial charge in [-0.1, -0.05) is 32.0 Å². The van der Waals surface area contributed by atoms with Crippen LogP contribution in [0.1, 0.15) is 31.4 Å². The van der Waals surface area contributed by atoms with Gasteiger partial charge >= 0.3 is 0 Å². The number of hydrogen-bond donors (Lipinski definition) is 2. The number of hydrogen-bond acceptors (Lipinski definition) is 5. The molecule has 0 spiro atoms. The SMILES string of the molecule is CCC(C(=O)N(Cc1ccc(O)cc1)Cc1cccnc1)N(C)CC.O=CO. The number of aromatic nitrogens is 1. The summed E-state index contributed by atoms with van der Waals surface area (Å²) in [6, 6.07) is 10.7. The Morgan fingerprint density at radius 3 is 2.25 bits per heavy atom. The first-order chi connectivity index (χ1) is 13.5. The molecule has 28 heavy (non-hydrogen) atoms. The molecule has 2 aromatic rings. The van der Waals surface area contributed by atoms with E-state index in [9.17, 15) is 9.90 Å². The third-order valence-corrected chi connectivity index (χ3v) is 4.42. The Morgan fingerprint density at radius 2 is 1.75 bits per heavy atom. The third kappa shape index (κ3) is 7.36. The predicted molar refractivity (Wildman–Crippen MR) is 108 cm³/mol. The molecule has 152 valence electrons. The summed E-state index contributed by atoms with van der Waals surface area (Å²) >= 11 is 0. The minimum Gasteiger partial charge on any atom is -0.508 e. The van der Waals surface area contributed by atoms with Crippen molar-refractivity contribution in [2.45, 2.75) is 39.4 Å². The zero-order valence-corrected chi connectivity index (χ0v) is 16.7. The molecule has 2 N–H and O–H groups in total. The van der Waals surface area contributed by atoms with Crippen LogP contribution in [0.4, 0.5) is 0 Å². The minimum atomic E-state index is -0.250. The van der Waals surface area contributed by atoms with E-state index >= 15 is 0 Å². The Morgan fingerprint density at radius 1 is 1.14 bits per heavy atom. The van der Waals surface area contributed by atoms with Gasteiger partial charge in [0.15, 0.2) is 0 Å². The lowest BCUT2D eigenvalue weighted by atomic mass is 10.1. The number of phenols is 1. The number of nitrogens with zero attached hydrogens (tertiary/aromatic N) is 3. The minimum absolute atomic E-state index is 0.115. The van der Waals surface area contributed by atoms with Gasteiger partial charge in [0.25, 0.3) is 6.47 Å². The van der Waals surface area contributed by atoms with Crippen LogP contribution < -0.4 is 0 Å². The van der Waals surface area contributed by atoms with Crippen molar-refractivity contribution in [3.63, 3.8) is 0 Å². The highest BCUT2D eigenvalue weighted by Gasteiger charge is 2.26. The molecular formula is C21H29N3O4.